The summed E-state index contributed by atoms with van der Waals surface area (Å²) in [5.41, 5.74) is 5.93. The van der Waals surface area contributed by atoms with Crippen LogP contribution in [-0.4, -0.2) is 34.5 Å². The Hall–Kier alpha value is -1.14. The number of ether oxygens (including phenoxy) is 1. The standard InChI is InChI=1S/C7H12N4O2.ClH/c1-2-13-7(12)5(3-8)6-4-9-11-10-6;/h4-5H,2-3,8H2,1H3,(H,9,10,11);1H/t5-;/m0./s1. The third kappa shape index (κ3) is 2.97. The van der Waals surface area contributed by atoms with Crippen molar-refractivity contribution in [3.63, 3.8) is 0 Å². The SMILES string of the molecule is CCOC(=O)[C@@H](CN)c1cn[nH]n1.Cl. The number of H-pyrrole nitrogens is 1. The summed E-state index contributed by atoms with van der Waals surface area (Å²) in [6.07, 6.45) is 1.47. The van der Waals surface area contributed by atoms with Gasteiger partial charge in [0.1, 0.15) is 5.92 Å². The van der Waals surface area contributed by atoms with Crippen molar-refractivity contribution in [2.24, 2.45) is 5.73 Å². The lowest BCUT2D eigenvalue weighted by molar-refractivity contribution is -0.144. The molecular formula is C7H13ClN4O2. The maximum Gasteiger partial charge on any atom is 0.316 e. The number of nitrogens with one attached hydrogen (secondary N) is 1. The Morgan fingerprint density at radius 3 is 2.93 bits per heavy atom. The van der Waals surface area contributed by atoms with Gasteiger partial charge in [0.15, 0.2) is 0 Å². The quantitative estimate of drug-likeness (QED) is 0.688. The van der Waals surface area contributed by atoms with E-state index in [4.69, 9.17) is 10.5 Å². The smallest absolute Gasteiger partial charge is 0.316 e. The number of aromatic amines is 1. The number of hydrogen-bond acceptors (Lipinski definition) is 5. The molecule has 0 unspecified atom stereocenters. The average Bonchev–Trinajstić information content (AvgIpc) is 2.59. The minimum atomic E-state index is -0.515. The summed E-state index contributed by atoms with van der Waals surface area (Å²) in [6, 6.07) is 0. The zero-order chi connectivity index (χ0) is 9.68. The van der Waals surface area contributed by atoms with E-state index in [-0.39, 0.29) is 24.9 Å². The summed E-state index contributed by atoms with van der Waals surface area (Å²) in [7, 11) is 0. The maximum absolute atomic E-state index is 11.3. The molecule has 0 spiro atoms. The monoisotopic (exact) mass is 220 g/mol. The van der Waals surface area contributed by atoms with Crippen LogP contribution in [0.5, 0.6) is 0 Å². The number of halogens is 1. The Morgan fingerprint density at radius 2 is 2.50 bits per heavy atom. The van der Waals surface area contributed by atoms with E-state index in [1.807, 2.05) is 0 Å². The van der Waals surface area contributed by atoms with Gasteiger partial charge in [0.05, 0.1) is 18.5 Å². The molecule has 0 saturated carbocycles. The van der Waals surface area contributed by atoms with Crippen molar-refractivity contribution in [3.8, 4) is 0 Å². The highest BCUT2D eigenvalue weighted by molar-refractivity contribution is 5.85. The second-order valence-corrected chi connectivity index (χ2v) is 2.44. The van der Waals surface area contributed by atoms with E-state index in [9.17, 15) is 4.79 Å². The van der Waals surface area contributed by atoms with Gasteiger partial charge in [0.2, 0.25) is 0 Å². The fourth-order valence-corrected chi connectivity index (χ4v) is 0.959. The molecule has 0 fully saturated rings. The second-order valence-electron chi connectivity index (χ2n) is 2.44. The van der Waals surface area contributed by atoms with Crippen LogP contribution in [0.3, 0.4) is 0 Å². The van der Waals surface area contributed by atoms with Crippen molar-refractivity contribution in [1.29, 1.82) is 0 Å². The summed E-state index contributed by atoms with van der Waals surface area (Å²) in [4.78, 5) is 11.3. The molecule has 0 saturated heterocycles. The summed E-state index contributed by atoms with van der Waals surface area (Å²) in [5.74, 6) is -0.877. The molecule has 1 atom stereocenters. The Morgan fingerprint density at radius 1 is 1.79 bits per heavy atom. The summed E-state index contributed by atoms with van der Waals surface area (Å²) in [6.45, 7) is 2.26. The van der Waals surface area contributed by atoms with Crippen molar-refractivity contribution in [3.05, 3.63) is 11.9 Å². The second kappa shape index (κ2) is 6.33. The van der Waals surface area contributed by atoms with Gasteiger partial charge in [0, 0.05) is 6.54 Å². The van der Waals surface area contributed by atoms with Gasteiger partial charge in [-0.3, -0.25) is 4.79 Å². The first-order valence-corrected chi connectivity index (χ1v) is 4.02. The van der Waals surface area contributed by atoms with Crippen molar-refractivity contribution in [2.45, 2.75) is 12.8 Å². The first-order valence-electron chi connectivity index (χ1n) is 4.02. The molecule has 1 heterocycles. The van der Waals surface area contributed by atoms with E-state index in [1.54, 1.807) is 6.92 Å². The highest BCUT2D eigenvalue weighted by Gasteiger charge is 2.22. The molecule has 7 heteroatoms. The number of nitrogens with two attached hydrogens (primary N) is 1. The van der Waals surface area contributed by atoms with Crippen LogP contribution in [0.4, 0.5) is 0 Å². The lowest BCUT2D eigenvalue weighted by Crippen LogP contribution is -2.24. The first kappa shape index (κ1) is 12.9. The van der Waals surface area contributed by atoms with E-state index >= 15 is 0 Å². The maximum atomic E-state index is 11.3. The van der Waals surface area contributed by atoms with E-state index in [0.29, 0.717) is 12.3 Å². The number of hydrogen-bond donors (Lipinski definition) is 2. The molecule has 0 aliphatic heterocycles. The fourth-order valence-electron chi connectivity index (χ4n) is 0.959. The predicted molar refractivity (Wildman–Crippen MR) is 52.1 cm³/mol. The first-order chi connectivity index (χ1) is 6.29. The van der Waals surface area contributed by atoms with Crippen LogP contribution in [0.25, 0.3) is 0 Å². The van der Waals surface area contributed by atoms with Crippen LogP contribution in [-0.2, 0) is 9.53 Å². The molecule has 80 valence electrons. The number of aromatic nitrogens is 3. The third-order valence-corrected chi connectivity index (χ3v) is 1.60. The van der Waals surface area contributed by atoms with Crippen molar-refractivity contribution < 1.29 is 9.53 Å². The average molecular weight is 221 g/mol. The zero-order valence-corrected chi connectivity index (χ0v) is 8.58. The Bertz CT molecular complexity index is 265. The van der Waals surface area contributed by atoms with Gasteiger partial charge in [-0.2, -0.15) is 15.4 Å². The summed E-state index contributed by atoms with van der Waals surface area (Å²) in [5, 5.41) is 9.79. The van der Waals surface area contributed by atoms with E-state index in [0.717, 1.165) is 0 Å². The molecule has 0 radical (unpaired) electrons. The number of rotatable bonds is 4. The van der Waals surface area contributed by atoms with E-state index in [1.165, 1.54) is 6.20 Å². The van der Waals surface area contributed by atoms with Gasteiger partial charge < -0.3 is 10.5 Å². The molecular weight excluding hydrogens is 208 g/mol. The molecule has 0 aliphatic rings. The summed E-state index contributed by atoms with van der Waals surface area (Å²) >= 11 is 0. The lowest BCUT2D eigenvalue weighted by Gasteiger charge is -2.09. The zero-order valence-electron chi connectivity index (χ0n) is 7.77. The topological polar surface area (TPSA) is 93.9 Å². The normalized spacial score (nSPS) is 11.6. The number of esters is 1. The molecule has 0 aliphatic carbocycles. The van der Waals surface area contributed by atoms with Gasteiger partial charge in [-0.1, -0.05) is 0 Å². The molecule has 1 aromatic heterocycles. The van der Waals surface area contributed by atoms with Crippen LogP contribution in [0.2, 0.25) is 0 Å². The molecule has 0 aromatic carbocycles. The highest BCUT2D eigenvalue weighted by atomic mass is 35.5. The van der Waals surface area contributed by atoms with Crippen molar-refractivity contribution in [1.82, 2.24) is 15.4 Å². The number of nitrogens with zero attached hydrogens (tertiary/aromatic N) is 2. The molecule has 1 rings (SSSR count). The van der Waals surface area contributed by atoms with Gasteiger partial charge in [-0.05, 0) is 6.92 Å². The predicted octanol–water partition coefficient (Wildman–Crippen LogP) is -0.168. The fraction of sp³-hybridized carbons (Fsp3) is 0.571. The Balaban J connectivity index is 0.00000169. The molecule has 0 amide bonds. The third-order valence-electron chi connectivity index (χ3n) is 1.60. The van der Waals surface area contributed by atoms with Crippen LogP contribution < -0.4 is 5.73 Å². The molecule has 14 heavy (non-hydrogen) atoms. The Kier molecular flexibility index (Phi) is 5.82. The largest absolute Gasteiger partial charge is 0.465 e. The Labute approximate surface area is 87.6 Å². The lowest BCUT2D eigenvalue weighted by atomic mass is 10.1. The molecule has 0 bridgehead atoms. The molecule has 1 aromatic rings. The number of carbonyl (C=O) groups is 1. The van der Waals surface area contributed by atoms with Crippen LogP contribution in [0.15, 0.2) is 6.20 Å². The van der Waals surface area contributed by atoms with Crippen LogP contribution in [0.1, 0.15) is 18.5 Å². The van der Waals surface area contributed by atoms with Gasteiger partial charge >= 0.3 is 5.97 Å². The summed E-state index contributed by atoms with van der Waals surface area (Å²) < 4.78 is 4.82. The molecule has 3 N–H and O–H groups in total. The van der Waals surface area contributed by atoms with E-state index in [2.05, 4.69) is 15.4 Å². The van der Waals surface area contributed by atoms with Crippen LogP contribution >= 0.6 is 12.4 Å². The van der Waals surface area contributed by atoms with Crippen molar-refractivity contribution in [2.75, 3.05) is 13.2 Å². The van der Waals surface area contributed by atoms with Gasteiger partial charge in [-0.15, -0.1) is 12.4 Å². The number of carbonyl (C=O) groups excluding carboxylic acids is 1. The highest BCUT2D eigenvalue weighted by Crippen LogP contribution is 2.11. The van der Waals surface area contributed by atoms with Gasteiger partial charge in [-0.25, -0.2) is 0 Å². The molecule has 6 nitrogen and oxygen atoms in total. The minimum Gasteiger partial charge on any atom is -0.465 e. The van der Waals surface area contributed by atoms with E-state index < -0.39 is 5.92 Å². The van der Waals surface area contributed by atoms with Crippen LogP contribution in [0, 0.1) is 0 Å². The van der Waals surface area contributed by atoms with Gasteiger partial charge in [0.25, 0.3) is 0 Å². The van der Waals surface area contributed by atoms with Crippen molar-refractivity contribution >= 4 is 18.4 Å². The minimum absolute atomic E-state index is 0.